The minimum atomic E-state index is -4.04. The minimum absolute atomic E-state index is 0.158. The average molecular weight is 345 g/mol. The van der Waals surface area contributed by atoms with Crippen molar-refractivity contribution in [3.63, 3.8) is 0 Å². The van der Waals surface area contributed by atoms with Gasteiger partial charge < -0.3 is 5.73 Å². The zero-order valence-electron chi connectivity index (χ0n) is 14.0. The number of nitrogens with two attached hydrogens (primary N) is 1. The Balaban J connectivity index is 2.46. The fourth-order valence-corrected chi connectivity index (χ4v) is 5.07. The first-order valence-electron chi connectivity index (χ1n) is 7.45. The molecule has 7 heteroatoms. The van der Waals surface area contributed by atoms with Crippen molar-refractivity contribution in [2.24, 2.45) is 7.05 Å². The molecule has 0 fully saturated rings. The topological polar surface area (TPSA) is 87.1 Å². The van der Waals surface area contributed by atoms with E-state index in [1.165, 1.54) is 10.6 Å². The first-order valence-corrected chi connectivity index (χ1v) is 8.89. The Morgan fingerprint density at radius 1 is 0.958 bits per heavy atom. The summed E-state index contributed by atoms with van der Waals surface area (Å²) < 4.78 is 28.7. The number of rotatable bonds is 2. The van der Waals surface area contributed by atoms with Crippen LogP contribution >= 0.6 is 0 Å². The monoisotopic (exact) mass is 345 g/mol. The van der Waals surface area contributed by atoms with Crippen LogP contribution in [0.1, 0.15) is 16.7 Å². The van der Waals surface area contributed by atoms with E-state index in [1.807, 2.05) is 6.92 Å². The van der Waals surface area contributed by atoms with Crippen LogP contribution < -0.4 is 11.4 Å². The van der Waals surface area contributed by atoms with Crippen LogP contribution in [-0.2, 0) is 17.1 Å². The van der Waals surface area contributed by atoms with Crippen molar-refractivity contribution in [1.82, 2.24) is 8.54 Å². The van der Waals surface area contributed by atoms with Crippen molar-refractivity contribution >= 4 is 26.7 Å². The normalized spacial score (nSPS) is 12.0. The number of aromatic nitrogens is 2. The predicted octanol–water partition coefficient (Wildman–Crippen LogP) is 2.08. The van der Waals surface area contributed by atoms with Crippen molar-refractivity contribution in [2.45, 2.75) is 25.7 Å². The van der Waals surface area contributed by atoms with Gasteiger partial charge in [-0.05, 0) is 50.1 Å². The molecule has 0 unspecified atom stereocenters. The zero-order chi connectivity index (χ0) is 17.8. The highest BCUT2D eigenvalue weighted by Gasteiger charge is 2.27. The van der Waals surface area contributed by atoms with Gasteiger partial charge in [-0.2, -0.15) is 3.97 Å². The number of fused-ring (bicyclic) bond motifs is 1. The summed E-state index contributed by atoms with van der Waals surface area (Å²) in [5, 5.41) is 0. The van der Waals surface area contributed by atoms with E-state index in [-0.39, 0.29) is 10.4 Å². The Bertz CT molecular complexity index is 1110. The second-order valence-corrected chi connectivity index (χ2v) is 7.81. The number of hydrogen-bond acceptors (Lipinski definition) is 4. The second kappa shape index (κ2) is 5.24. The quantitative estimate of drug-likeness (QED) is 0.721. The van der Waals surface area contributed by atoms with Gasteiger partial charge in [-0.3, -0.25) is 4.57 Å². The average Bonchev–Trinajstić information content (AvgIpc) is 2.69. The molecule has 1 aromatic heterocycles. The van der Waals surface area contributed by atoms with Crippen molar-refractivity contribution in [3.8, 4) is 0 Å². The van der Waals surface area contributed by atoms with Crippen LogP contribution in [0.5, 0.6) is 0 Å². The highest BCUT2D eigenvalue weighted by Crippen LogP contribution is 2.26. The maximum atomic E-state index is 13.3. The summed E-state index contributed by atoms with van der Waals surface area (Å²) >= 11 is 0. The lowest BCUT2D eigenvalue weighted by atomic mass is 10.1. The van der Waals surface area contributed by atoms with Crippen LogP contribution in [0.2, 0.25) is 0 Å². The molecular formula is C17H19N3O3S. The molecule has 0 aliphatic carbocycles. The van der Waals surface area contributed by atoms with Gasteiger partial charge in [0.25, 0.3) is 10.0 Å². The lowest BCUT2D eigenvalue weighted by Gasteiger charge is -2.13. The molecular weight excluding hydrogens is 326 g/mol. The molecule has 24 heavy (non-hydrogen) atoms. The molecule has 0 radical (unpaired) electrons. The predicted molar refractivity (Wildman–Crippen MR) is 94.8 cm³/mol. The molecule has 126 valence electrons. The van der Waals surface area contributed by atoms with Gasteiger partial charge in [-0.15, -0.1) is 0 Å². The van der Waals surface area contributed by atoms with Crippen molar-refractivity contribution < 1.29 is 8.42 Å². The van der Waals surface area contributed by atoms with E-state index >= 15 is 0 Å². The van der Waals surface area contributed by atoms with E-state index in [0.29, 0.717) is 22.3 Å². The lowest BCUT2D eigenvalue weighted by molar-refractivity contribution is 0.584. The fourth-order valence-electron chi connectivity index (χ4n) is 3.23. The molecule has 1 heterocycles. The van der Waals surface area contributed by atoms with Crippen molar-refractivity contribution in [2.75, 3.05) is 5.73 Å². The fraction of sp³-hybridized carbons (Fsp3) is 0.235. The summed E-state index contributed by atoms with van der Waals surface area (Å²) in [5.74, 6) is 0. The molecule has 2 N–H and O–H groups in total. The van der Waals surface area contributed by atoms with Crippen molar-refractivity contribution in [3.05, 3.63) is 57.5 Å². The van der Waals surface area contributed by atoms with E-state index in [0.717, 1.165) is 9.54 Å². The first-order chi connectivity index (χ1) is 11.1. The van der Waals surface area contributed by atoms with Gasteiger partial charge in [0.05, 0.1) is 15.9 Å². The lowest BCUT2D eigenvalue weighted by Crippen LogP contribution is -2.29. The van der Waals surface area contributed by atoms with Crippen molar-refractivity contribution in [1.29, 1.82) is 0 Å². The number of benzene rings is 2. The van der Waals surface area contributed by atoms with Gasteiger partial charge in [-0.1, -0.05) is 17.7 Å². The van der Waals surface area contributed by atoms with Gasteiger partial charge >= 0.3 is 5.69 Å². The van der Waals surface area contributed by atoms with Crippen LogP contribution in [0.3, 0.4) is 0 Å². The van der Waals surface area contributed by atoms with E-state index in [1.54, 1.807) is 45.2 Å². The molecule has 3 rings (SSSR count). The molecule has 0 saturated carbocycles. The Labute approximate surface area is 140 Å². The molecule has 0 amide bonds. The van der Waals surface area contributed by atoms with Gasteiger partial charge in [0, 0.05) is 12.7 Å². The van der Waals surface area contributed by atoms with E-state index in [4.69, 9.17) is 5.73 Å². The van der Waals surface area contributed by atoms with Gasteiger partial charge in [0.2, 0.25) is 0 Å². The molecule has 0 aliphatic rings. The molecule has 2 aromatic carbocycles. The Morgan fingerprint density at radius 2 is 1.54 bits per heavy atom. The third-order valence-corrected chi connectivity index (χ3v) is 6.14. The minimum Gasteiger partial charge on any atom is -0.399 e. The number of aryl methyl sites for hydroxylation is 4. The summed E-state index contributed by atoms with van der Waals surface area (Å²) in [6.45, 7) is 5.37. The maximum absolute atomic E-state index is 13.3. The maximum Gasteiger partial charge on any atom is 0.343 e. The number of nitrogens with zero attached hydrogens (tertiary/aromatic N) is 2. The summed E-state index contributed by atoms with van der Waals surface area (Å²) in [6.07, 6.45) is 0. The molecule has 3 aromatic rings. The Morgan fingerprint density at radius 3 is 2.12 bits per heavy atom. The standard InChI is InChI=1S/C17H19N3O3S/c1-10-7-11(2)16(12(3)8-10)24(22,23)20-15-9-13(18)5-6-14(15)19(4)17(20)21/h5-9H,18H2,1-4H3. The van der Waals surface area contributed by atoms with Gasteiger partial charge in [0.15, 0.2) is 0 Å². The summed E-state index contributed by atoms with van der Waals surface area (Å²) in [7, 11) is -2.50. The smallest absolute Gasteiger partial charge is 0.343 e. The summed E-state index contributed by atoms with van der Waals surface area (Å²) in [4.78, 5) is 12.8. The highest BCUT2D eigenvalue weighted by molar-refractivity contribution is 7.90. The molecule has 6 nitrogen and oxygen atoms in total. The van der Waals surface area contributed by atoms with Crippen LogP contribution in [0.25, 0.3) is 11.0 Å². The van der Waals surface area contributed by atoms with Crippen LogP contribution in [0.15, 0.2) is 40.0 Å². The first kappa shape index (κ1) is 16.3. The Kier molecular flexibility index (Phi) is 3.56. The zero-order valence-corrected chi connectivity index (χ0v) is 14.8. The van der Waals surface area contributed by atoms with Gasteiger partial charge in [-0.25, -0.2) is 13.2 Å². The number of imidazole rings is 1. The number of nitrogen functional groups attached to an aromatic ring is 1. The molecule has 0 atom stereocenters. The largest absolute Gasteiger partial charge is 0.399 e. The molecule has 0 bridgehead atoms. The third kappa shape index (κ3) is 2.24. The highest BCUT2D eigenvalue weighted by atomic mass is 32.2. The van der Waals surface area contributed by atoms with E-state index in [2.05, 4.69) is 0 Å². The van der Waals surface area contributed by atoms with Crippen LogP contribution in [0, 0.1) is 20.8 Å². The van der Waals surface area contributed by atoms with E-state index in [9.17, 15) is 13.2 Å². The third-order valence-electron chi connectivity index (χ3n) is 4.14. The van der Waals surface area contributed by atoms with Crippen LogP contribution in [0.4, 0.5) is 5.69 Å². The van der Waals surface area contributed by atoms with Gasteiger partial charge in [0.1, 0.15) is 0 Å². The van der Waals surface area contributed by atoms with Crippen LogP contribution in [-0.4, -0.2) is 17.0 Å². The SMILES string of the molecule is Cc1cc(C)c(S(=O)(=O)n2c(=O)n(C)c3ccc(N)cc32)c(C)c1. The number of anilines is 1. The summed E-state index contributed by atoms with van der Waals surface area (Å²) in [6, 6.07) is 8.38. The molecule has 0 saturated heterocycles. The summed E-state index contributed by atoms with van der Waals surface area (Å²) in [5.41, 5.74) is 8.56. The second-order valence-electron chi connectivity index (χ2n) is 6.09. The number of hydrogen-bond donors (Lipinski definition) is 1. The molecule has 0 aliphatic heterocycles. The molecule has 0 spiro atoms. The Hall–Kier alpha value is -2.54. The van der Waals surface area contributed by atoms with E-state index < -0.39 is 15.7 Å².